The smallest absolute Gasteiger partial charge is 0.103 e. The highest BCUT2D eigenvalue weighted by atomic mass is 32.2. The van der Waals surface area contributed by atoms with Crippen molar-refractivity contribution in [3.05, 3.63) is 46.4 Å². The first-order chi connectivity index (χ1) is 6.84. The van der Waals surface area contributed by atoms with E-state index < -0.39 is 0 Å². The highest BCUT2D eigenvalue weighted by molar-refractivity contribution is 7.98. The van der Waals surface area contributed by atoms with Crippen LogP contribution in [0.4, 0.5) is 0 Å². The molecular weight excluding hydrogens is 210 g/mol. The number of benzene rings is 1. The van der Waals surface area contributed by atoms with Gasteiger partial charge in [0.2, 0.25) is 0 Å². The Morgan fingerprint density at radius 3 is 2.71 bits per heavy atom. The lowest BCUT2D eigenvalue weighted by atomic mass is 10.4. The number of aromatic nitrogens is 1. The fraction of sp³-hybridized carbons (Fsp3) is 0.182. The standard InChI is InChI=1S/C11H11NS2/c1-9-7-14-11(12-9)8-13-10-5-3-2-4-6-10/h2-7H,8H2,1H3. The molecule has 0 aliphatic heterocycles. The summed E-state index contributed by atoms with van der Waals surface area (Å²) in [5, 5.41) is 3.30. The summed E-state index contributed by atoms with van der Waals surface area (Å²) in [6, 6.07) is 10.4. The number of rotatable bonds is 3. The van der Waals surface area contributed by atoms with Crippen LogP contribution in [0.5, 0.6) is 0 Å². The van der Waals surface area contributed by atoms with Gasteiger partial charge in [0.1, 0.15) is 5.01 Å². The van der Waals surface area contributed by atoms with Gasteiger partial charge in [0.05, 0.1) is 5.75 Å². The largest absolute Gasteiger partial charge is 0.246 e. The minimum Gasteiger partial charge on any atom is -0.246 e. The van der Waals surface area contributed by atoms with Gasteiger partial charge in [-0.2, -0.15) is 0 Å². The van der Waals surface area contributed by atoms with E-state index in [1.54, 1.807) is 11.3 Å². The maximum absolute atomic E-state index is 4.42. The van der Waals surface area contributed by atoms with Gasteiger partial charge >= 0.3 is 0 Å². The molecule has 0 saturated carbocycles. The minimum atomic E-state index is 0.975. The van der Waals surface area contributed by atoms with E-state index >= 15 is 0 Å². The van der Waals surface area contributed by atoms with Crippen LogP contribution in [0.2, 0.25) is 0 Å². The van der Waals surface area contributed by atoms with Crippen LogP contribution in [0.3, 0.4) is 0 Å². The Bertz CT molecular complexity index is 395. The van der Waals surface area contributed by atoms with Gasteiger partial charge in [0.25, 0.3) is 0 Å². The molecule has 0 radical (unpaired) electrons. The fourth-order valence-electron chi connectivity index (χ4n) is 1.13. The zero-order valence-corrected chi connectivity index (χ0v) is 9.57. The molecule has 1 heterocycles. The number of aryl methyl sites for hydroxylation is 1. The highest BCUT2D eigenvalue weighted by Crippen LogP contribution is 2.23. The Balaban J connectivity index is 1.95. The predicted molar refractivity (Wildman–Crippen MR) is 62.9 cm³/mol. The number of hydrogen-bond acceptors (Lipinski definition) is 3. The number of nitrogens with zero attached hydrogens (tertiary/aromatic N) is 1. The summed E-state index contributed by atoms with van der Waals surface area (Å²) in [5.74, 6) is 0.975. The van der Waals surface area contributed by atoms with Gasteiger partial charge in [0, 0.05) is 16.0 Å². The minimum absolute atomic E-state index is 0.975. The van der Waals surface area contributed by atoms with Crippen LogP contribution in [-0.2, 0) is 5.75 Å². The molecule has 14 heavy (non-hydrogen) atoms. The lowest BCUT2D eigenvalue weighted by Crippen LogP contribution is -1.78. The van der Waals surface area contributed by atoms with E-state index in [0.717, 1.165) is 11.4 Å². The predicted octanol–water partition coefficient (Wildman–Crippen LogP) is 3.74. The van der Waals surface area contributed by atoms with E-state index in [9.17, 15) is 0 Å². The summed E-state index contributed by atoms with van der Waals surface area (Å²) in [7, 11) is 0. The Kier molecular flexibility index (Phi) is 3.22. The van der Waals surface area contributed by atoms with Gasteiger partial charge in [-0.1, -0.05) is 18.2 Å². The van der Waals surface area contributed by atoms with Gasteiger partial charge in [-0.15, -0.1) is 23.1 Å². The van der Waals surface area contributed by atoms with E-state index in [4.69, 9.17) is 0 Å². The second kappa shape index (κ2) is 4.62. The maximum Gasteiger partial charge on any atom is 0.103 e. The second-order valence-electron chi connectivity index (χ2n) is 2.98. The summed E-state index contributed by atoms with van der Waals surface area (Å²) in [4.78, 5) is 5.73. The van der Waals surface area contributed by atoms with Crippen LogP contribution >= 0.6 is 23.1 Å². The molecule has 0 aliphatic rings. The zero-order valence-electron chi connectivity index (χ0n) is 7.93. The van der Waals surface area contributed by atoms with E-state index in [1.807, 2.05) is 24.8 Å². The van der Waals surface area contributed by atoms with Gasteiger partial charge in [-0.3, -0.25) is 0 Å². The number of hydrogen-bond donors (Lipinski definition) is 0. The van der Waals surface area contributed by atoms with Crippen LogP contribution in [-0.4, -0.2) is 4.98 Å². The van der Waals surface area contributed by atoms with Crippen molar-refractivity contribution in [3.8, 4) is 0 Å². The fourth-order valence-corrected chi connectivity index (χ4v) is 2.84. The maximum atomic E-state index is 4.42. The first-order valence-corrected chi connectivity index (χ1v) is 6.30. The van der Waals surface area contributed by atoms with Crippen molar-refractivity contribution >= 4 is 23.1 Å². The molecule has 0 spiro atoms. The second-order valence-corrected chi connectivity index (χ2v) is 4.98. The third-order valence-electron chi connectivity index (χ3n) is 1.77. The summed E-state index contributed by atoms with van der Waals surface area (Å²) < 4.78 is 0. The molecule has 0 N–H and O–H groups in total. The molecule has 0 bridgehead atoms. The topological polar surface area (TPSA) is 12.9 Å². The van der Waals surface area contributed by atoms with E-state index in [0.29, 0.717) is 0 Å². The van der Waals surface area contributed by atoms with E-state index in [1.165, 1.54) is 9.90 Å². The molecule has 72 valence electrons. The van der Waals surface area contributed by atoms with Crippen molar-refractivity contribution in [3.63, 3.8) is 0 Å². The van der Waals surface area contributed by atoms with Crippen LogP contribution in [0.15, 0.2) is 40.6 Å². The number of thiazole rings is 1. The van der Waals surface area contributed by atoms with Crippen LogP contribution in [0.25, 0.3) is 0 Å². The van der Waals surface area contributed by atoms with Crippen LogP contribution in [0.1, 0.15) is 10.7 Å². The normalized spacial score (nSPS) is 10.4. The molecule has 1 nitrogen and oxygen atoms in total. The molecule has 0 atom stereocenters. The average molecular weight is 221 g/mol. The van der Waals surface area contributed by atoms with Gasteiger partial charge in [-0.05, 0) is 19.1 Å². The van der Waals surface area contributed by atoms with Crippen LogP contribution < -0.4 is 0 Å². The van der Waals surface area contributed by atoms with Crippen molar-refractivity contribution in [2.45, 2.75) is 17.6 Å². The van der Waals surface area contributed by atoms with Crippen molar-refractivity contribution < 1.29 is 0 Å². The summed E-state index contributed by atoms with van der Waals surface area (Å²) in [5.41, 5.74) is 1.12. The van der Waals surface area contributed by atoms with Crippen molar-refractivity contribution in [2.24, 2.45) is 0 Å². The molecule has 0 unspecified atom stereocenters. The lowest BCUT2D eigenvalue weighted by molar-refractivity contribution is 1.18. The first-order valence-electron chi connectivity index (χ1n) is 4.43. The van der Waals surface area contributed by atoms with Gasteiger partial charge in [0.15, 0.2) is 0 Å². The Morgan fingerprint density at radius 1 is 1.29 bits per heavy atom. The molecule has 2 aromatic rings. The lowest BCUT2D eigenvalue weighted by Gasteiger charge is -1.97. The molecule has 0 saturated heterocycles. The molecule has 3 heteroatoms. The Labute approximate surface area is 92.2 Å². The van der Waals surface area contributed by atoms with Crippen LogP contribution in [0, 0.1) is 6.92 Å². The molecule has 0 fully saturated rings. The van der Waals surface area contributed by atoms with Gasteiger partial charge in [-0.25, -0.2) is 4.98 Å². The molecule has 1 aromatic heterocycles. The summed E-state index contributed by atoms with van der Waals surface area (Å²) in [6.07, 6.45) is 0. The summed E-state index contributed by atoms with van der Waals surface area (Å²) in [6.45, 7) is 2.03. The average Bonchev–Trinajstić information content (AvgIpc) is 2.63. The highest BCUT2D eigenvalue weighted by Gasteiger charge is 1.99. The first kappa shape index (κ1) is 9.74. The van der Waals surface area contributed by atoms with Crippen molar-refractivity contribution in [1.82, 2.24) is 4.98 Å². The third kappa shape index (κ3) is 2.59. The Morgan fingerprint density at radius 2 is 2.07 bits per heavy atom. The zero-order chi connectivity index (χ0) is 9.80. The van der Waals surface area contributed by atoms with Crippen molar-refractivity contribution in [2.75, 3.05) is 0 Å². The summed E-state index contributed by atoms with van der Waals surface area (Å²) >= 11 is 3.57. The molecule has 0 amide bonds. The Hall–Kier alpha value is -0.800. The third-order valence-corrected chi connectivity index (χ3v) is 3.94. The number of thioether (sulfide) groups is 1. The molecule has 0 aliphatic carbocycles. The van der Waals surface area contributed by atoms with E-state index in [-0.39, 0.29) is 0 Å². The SMILES string of the molecule is Cc1csc(CSc2ccccc2)n1. The molecular formula is C11H11NS2. The van der Waals surface area contributed by atoms with Gasteiger partial charge < -0.3 is 0 Å². The van der Waals surface area contributed by atoms with E-state index in [2.05, 4.69) is 34.6 Å². The van der Waals surface area contributed by atoms with Crippen molar-refractivity contribution in [1.29, 1.82) is 0 Å². The quantitative estimate of drug-likeness (QED) is 0.732. The monoisotopic (exact) mass is 221 g/mol. The molecule has 1 aromatic carbocycles. The molecule has 2 rings (SSSR count).